The summed E-state index contributed by atoms with van der Waals surface area (Å²) in [4.78, 5) is 16.2. The van der Waals surface area contributed by atoms with Gasteiger partial charge in [0.2, 0.25) is 0 Å². The minimum atomic E-state index is 0.181. The second kappa shape index (κ2) is 5.40. The van der Waals surface area contributed by atoms with Crippen LogP contribution in [0.3, 0.4) is 0 Å². The van der Waals surface area contributed by atoms with E-state index in [9.17, 15) is 4.79 Å². The van der Waals surface area contributed by atoms with Crippen LogP contribution in [-0.4, -0.2) is 23.9 Å². The first-order valence-electron chi connectivity index (χ1n) is 7.78. The van der Waals surface area contributed by atoms with E-state index in [0.717, 1.165) is 42.9 Å². The molecule has 2 unspecified atom stereocenters. The molecule has 1 amide bonds. The Labute approximate surface area is 125 Å². The standard InChI is InChI=1S/C16H24N2OS/c1-10-8-11(2)14-12(9-10)13(15(17)20-14)16(19)18-6-4-3-5-7-18/h10-11H,3-9,17H2,1-2H3. The Hall–Kier alpha value is -1.03. The molecule has 1 aliphatic carbocycles. The molecule has 0 aromatic carbocycles. The van der Waals surface area contributed by atoms with E-state index in [-0.39, 0.29) is 5.91 Å². The van der Waals surface area contributed by atoms with Crippen LogP contribution in [-0.2, 0) is 6.42 Å². The van der Waals surface area contributed by atoms with E-state index in [1.807, 2.05) is 4.90 Å². The van der Waals surface area contributed by atoms with Gasteiger partial charge in [-0.05, 0) is 49.5 Å². The van der Waals surface area contributed by atoms with Crippen molar-refractivity contribution in [1.82, 2.24) is 4.90 Å². The molecule has 0 spiro atoms. The topological polar surface area (TPSA) is 46.3 Å². The summed E-state index contributed by atoms with van der Waals surface area (Å²) in [6.45, 7) is 6.34. The lowest BCUT2D eigenvalue weighted by atomic mass is 9.82. The quantitative estimate of drug-likeness (QED) is 0.859. The van der Waals surface area contributed by atoms with Crippen molar-refractivity contribution in [2.24, 2.45) is 5.92 Å². The number of hydrogen-bond donors (Lipinski definition) is 1. The maximum absolute atomic E-state index is 12.8. The Morgan fingerprint density at radius 1 is 1.25 bits per heavy atom. The van der Waals surface area contributed by atoms with E-state index in [1.165, 1.54) is 23.3 Å². The van der Waals surface area contributed by atoms with Crippen molar-refractivity contribution in [2.75, 3.05) is 18.8 Å². The normalized spacial score (nSPS) is 26.4. The maximum atomic E-state index is 12.8. The molecular weight excluding hydrogens is 268 g/mol. The van der Waals surface area contributed by atoms with Gasteiger partial charge in [-0.25, -0.2) is 0 Å². The zero-order valence-corrected chi connectivity index (χ0v) is 13.3. The van der Waals surface area contributed by atoms with Crippen LogP contribution in [0.1, 0.15) is 66.2 Å². The van der Waals surface area contributed by atoms with E-state index in [4.69, 9.17) is 5.73 Å². The van der Waals surface area contributed by atoms with Crippen molar-refractivity contribution in [3.63, 3.8) is 0 Å². The number of amides is 1. The largest absolute Gasteiger partial charge is 0.390 e. The summed E-state index contributed by atoms with van der Waals surface area (Å²) in [6, 6.07) is 0. The van der Waals surface area contributed by atoms with E-state index in [1.54, 1.807) is 11.3 Å². The third kappa shape index (κ3) is 2.34. The van der Waals surface area contributed by atoms with Gasteiger partial charge in [0.05, 0.1) is 10.6 Å². The third-order valence-corrected chi connectivity index (χ3v) is 5.97. The van der Waals surface area contributed by atoms with Crippen molar-refractivity contribution >= 4 is 22.2 Å². The smallest absolute Gasteiger partial charge is 0.257 e. The lowest BCUT2D eigenvalue weighted by Gasteiger charge is -2.29. The molecule has 2 aliphatic rings. The predicted molar refractivity (Wildman–Crippen MR) is 84.4 cm³/mol. The van der Waals surface area contributed by atoms with E-state index in [0.29, 0.717) is 11.8 Å². The number of fused-ring (bicyclic) bond motifs is 1. The Bertz CT molecular complexity index is 517. The van der Waals surface area contributed by atoms with Crippen LogP contribution in [0.2, 0.25) is 0 Å². The van der Waals surface area contributed by atoms with Crippen molar-refractivity contribution in [1.29, 1.82) is 0 Å². The SMILES string of the molecule is CC1Cc2c(sc(N)c2C(=O)N2CCCCC2)C(C)C1. The molecule has 3 rings (SSSR count). The highest BCUT2D eigenvalue weighted by Crippen LogP contribution is 2.44. The number of anilines is 1. The number of carbonyl (C=O) groups is 1. The third-order valence-electron chi connectivity index (χ3n) is 4.68. The highest BCUT2D eigenvalue weighted by Gasteiger charge is 2.32. The number of nitrogens with two attached hydrogens (primary N) is 1. The molecule has 1 aromatic rings. The first-order chi connectivity index (χ1) is 9.58. The molecule has 1 saturated heterocycles. The van der Waals surface area contributed by atoms with Gasteiger partial charge in [-0.2, -0.15) is 0 Å². The van der Waals surface area contributed by atoms with Crippen LogP contribution in [0, 0.1) is 5.92 Å². The van der Waals surface area contributed by atoms with Gasteiger partial charge in [-0.3, -0.25) is 4.79 Å². The molecule has 2 atom stereocenters. The number of nitrogens with zero attached hydrogens (tertiary/aromatic N) is 1. The van der Waals surface area contributed by atoms with Crippen LogP contribution in [0.25, 0.3) is 0 Å². The summed E-state index contributed by atoms with van der Waals surface area (Å²) in [7, 11) is 0. The van der Waals surface area contributed by atoms with Gasteiger partial charge in [0.25, 0.3) is 5.91 Å². The molecule has 110 valence electrons. The van der Waals surface area contributed by atoms with Crippen molar-refractivity contribution in [3.05, 3.63) is 16.0 Å². The second-order valence-corrected chi connectivity index (χ2v) is 7.57. The molecule has 4 heteroatoms. The van der Waals surface area contributed by atoms with Crippen molar-refractivity contribution < 1.29 is 4.79 Å². The minimum absolute atomic E-state index is 0.181. The fourth-order valence-corrected chi connectivity index (χ4v) is 4.89. The van der Waals surface area contributed by atoms with Crippen LogP contribution in [0.5, 0.6) is 0 Å². The van der Waals surface area contributed by atoms with Crippen LogP contribution in [0.4, 0.5) is 5.00 Å². The number of nitrogen functional groups attached to an aromatic ring is 1. The lowest BCUT2D eigenvalue weighted by Crippen LogP contribution is -2.36. The van der Waals surface area contributed by atoms with Crippen LogP contribution >= 0.6 is 11.3 Å². The average molecular weight is 292 g/mol. The highest BCUT2D eigenvalue weighted by atomic mass is 32.1. The van der Waals surface area contributed by atoms with Gasteiger partial charge < -0.3 is 10.6 Å². The number of likely N-dealkylation sites (tertiary alicyclic amines) is 1. The highest BCUT2D eigenvalue weighted by molar-refractivity contribution is 7.16. The average Bonchev–Trinajstić information content (AvgIpc) is 2.76. The predicted octanol–water partition coefficient (Wildman–Crippen LogP) is 3.64. The monoisotopic (exact) mass is 292 g/mol. The summed E-state index contributed by atoms with van der Waals surface area (Å²) < 4.78 is 0. The van der Waals surface area contributed by atoms with Gasteiger partial charge in [-0.15, -0.1) is 11.3 Å². The molecule has 3 nitrogen and oxygen atoms in total. The van der Waals surface area contributed by atoms with E-state index < -0.39 is 0 Å². The van der Waals surface area contributed by atoms with Gasteiger partial charge in [-0.1, -0.05) is 13.8 Å². The Morgan fingerprint density at radius 2 is 1.95 bits per heavy atom. The zero-order valence-electron chi connectivity index (χ0n) is 12.4. The summed E-state index contributed by atoms with van der Waals surface area (Å²) in [5, 5.41) is 0.742. The summed E-state index contributed by atoms with van der Waals surface area (Å²) in [5.74, 6) is 1.38. The van der Waals surface area contributed by atoms with E-state index >= 15 is 0 Å². The lowest BCUT2D eigenvalue weighted by molar-refractivity contribution is 0.0724. The summed E-state index contributed by atoms with van der Waals surface area (Å²) in [5.41, 5.74) is 8.30. The van der Waals surface area contributed by atoms with Crippen molar-refractivity contribution in [2.45, 2.75) is 51.9 Å². The molecule has 1 aliphatic heterocycles. The van der Waals surface area contributed by atoms with Gasteiger partial charge in [0.1, 0.15) is 0 Å². The van der Waals surface area contributed by atoms with Crippen molar-refractivity contribution in [3.8, 4) is 0 Å². The fraction of sp³-hybridized carbons (Fsp3) is 0.688. The number of piperidine rings is 1. The first kappa shape index (κ1) is 13.9. The van der Waals surface area contributed by atoms with Gasteiger partial charge in [0.15, 0.2) is 0 Å². The molecule has 1 aromatic heterocycles. The Morgan fingerprint density at radius 3 is 2.65 bits per heavy atom. The molecule has 20 heavy (non-hydrogen) atoms. The summed E-state index contributed by atoms with van der Waals surface area (Å²) in [6.07, 6.45) is 5.73. The number of hydrogen-bond acceptors (Lipinski definition) is 3. The minimum Gasteiger partial charge on any atom is -0.390 e. The molecule has 0 radical (unpaired) electrons. The van der Waals surface area contributed by atoms with Crippen LogP contribution in [0.15, 0.2) is 0 Å². The zero-order chi connectivity index (χ0) is 14.3. The van der Waals surface area contributed by atoms with Gasteiger partial charge in [0, 0.05) is 18.0 Å². The Balaban J connectivity index is 1.95. The first-order valence-corrected chi connectivity index (χ1v) is 8.60. The van der Waals surface area contributed by atoms with Crippen LogP contribution < -0.4 is 5.73 Å². The maximum Gasteiger partial charge on any atom is 0.257 e. The Kier molecular flexibility index (Phi) is 3.76. The number of thiophene rings is 1. The number of rotatable bonds is 1. The number of carbonyl (C=O) groups excluding carboxylic acids is 1. The molecule has 0 saturated carbocycles. The fourth-order valence-electron chi connectivity index (χ4n) is 3.74. The molecule has 1 fully saturated rings. The molecule has 0 bridgehead atoms. The van der Waals surface area contributed by atoms with Gasteiger partial charge >= 0.3 is 0 Å². The second-order valence-electron chi connectivity index (χ2n) is 6.48. The molecular formula is C16H24N2OS. The van der Waals surface area contributed by atoms with E-state index in [2.05, 4.69) is 13.8 Å². The summed E-state index contributed by atoms with van der Waals surface area (Å²) >= 11 is 1.65. The molecule has 2 heterocycles. The molecule has 2 N–H and O–H groups in total.